The van der Waals surface area contributed by atoms with Crippen molar-refractivity contribution >= 4 is 22.9 Å². The monoisotopic (exact) mass is 400 g/mol. The van der Waals surface area contributed by atoms with Crippen LogP contribution in [0.3, 0.4) is 0 Å². The van der Waals surface area contributed by atoms with Gasteiger partial charge in [-0.05, 0) is 43.0 Å². The van der Waals surface area contributed by atoms with Crippen LogP contribution in [0, 0.1) is 0 Å². The molecule has 0 bridgehead atoms. The number of amides is 1. The third-order valence-corrected chi connectivity index (χ3v) is 6.48. The molecule has 1 amide bonds. The van der Waals surface area contributed by atoms with E-state index in [0.29, 0.717) is 32.3 Å². The van der Waals surface area contributed by atoms with Crippen molar-refractivity contribution in [2.75, 3.05) is 31.2 Å². The molecular formula is C22H28N2O3S. The van der Waals surface area contributed by atoms with Gasteiger partial charge in [0.15, 0.2) is 11.5 Å². The van der Waals surface area contributed by atoms with Gasteiger partial charge in [-0.2, -0.15) is 0 Å². The molecule has 1 saturated carbocycles. The van der Waals surface area contributed by atoms with Crippen molar-refractivity contribution in [1.29, 1.82) is 0 Å². The second-order valence-electron chi connectivity index (χ2n) is 7.39. The highest BCUT2D eigenvalue weighted by Gasteiger charge is 2.26. The number of fused-ring (bicyclic) bond motifs is 1. The summed E-state index contributed by atoms with van der Waals surface area (Å²) < 4.78 is 11.4. The molecule has 1 aliphatic heterocycles. The number of likely N-dealkylation sites (N-methyl/N-ethyl adjacent to an activating group) is 1. The minimum atomic E-state index is 0.138. The Labute approximate surface area is 170 Å². The zero-order valence-electron chi connectivity index (χ0n) is 16.4. The van der Waals surface area contributed by atoms with Crippen molar-refractivity contribution in [3.63, 3.8) is 0 Å². The lowest BCUT2D eigenvalue weighted by Gasteiger charge is -2.31. The van der Waals surface area contributed by atoms with E-state index in [0.717, 1.165) is 23.7 Å². The minimum absolute atomic E-state index is 0.138. The van der Waals surface area contributed by atoms with E-state index in [4.69, 9.17) is 9.47 Å². The number of ether oxygens (including phenoxy) is 2. The highest BCUT2D eigenvalue weighted by molar-refractivity contribution is 7.09. The van der Waals surface area contributed by atoms with Crippen molar-refractivity contribution in [2.45, 2.75) is 45.2 Å². The number of rotatable bonds is 7. The molecule has 1 aliphatic carbocycles. The van der Waals surface area contributed by atoms with Crippen molar-refractivity contribution in [2.24, 2.45) is 0 Å². The Morgan fingerprint density at radius 1 is 1.14 bits per heavy atom. The zero-order chi connectivity index (χ0) is 19.3. The SMILES string of the molecule is CCN(CC(=O)N(Cc1cccs1)c1ccc2c(c1)OCCO2)C1CCCC1. The first-order valence-electron chi connectivity index (χ1n) is 10.2. The quantitative estimate of drug-likeness (QED) is 0.694. The second kappa shape index (κ2) is 8.97. The third kappa shape index (κ3) is 4.33. The maximum Gasteiger partial charge on any atom is 0.241 e. The van der Waals surface area contributed by atoms with Gasteiger partial charge >= 0.3 is 0 Å². The molecule has 6 heteroatoms. The molecular weight excluding hydrogens is 372 g/mol. The maximum atomic E-state index is 13.4. The number of carbonyl (C=O) groups excluding carboxylic acids is 1. The summed E-state index contributed by atoms with van der Waals surface area (Å²) in [4.78, 5) is 18.8. The van der Waals surface area contributed by atoms with E-state index in [9.17, 15) is 4.79 Å². The van der Waals surface area contributed by atoms with Crippen molar-refractivity contribution in [3.8, 4) is 11.5 Å². The van der Waals surface area contributed by atoms with Gasteiger partial charge in [0.1, 0.15) is 13.2 Å². The van der Waals surface area contributed by atoms with Gasteiger partial charge in [0.05, 0.1) is 13.1 Å². The molecule has 2 heterocycles. The van der Waals surface area contributed by atoms with Crippen LogP contribution in [0.5, 0.6) is 11.5 Å². The smallest absolute Gasteiger partial charge is 0.241 e. The van der Waals surface area contributed by atoms with E-state index >= 15 is 0 Å². The van der Waals surface area contributed by atoms with E-state index in [2.05, 4.69) is 23.3 Å². The van der Waals surface area contributed by atoms with Crippen LogP contribution in [0.2, 0.25) is 0 Å². The van der Waals surface area contributed by atoms with Crippen LogP contribution in [0.4, 0.5) is 5.69 Å². The van der Waals surface area contributed by atoms with Gasteiger partial charge in [0.2, 0.25) is 5.91 Å². The highest BCUT2D eigenvalue weighted by Crippen LogP contribution is 2.35. The fourth-order valence-electron chi connectivity index (χ4n) is 4.11. The van der Waals surface area contributed by atoms with Crippen LogP contribution in [-0.2, 0) is 11.3 Å². The summed E-state index contributed by atoms with van der Waals surface area (Å²) in [6.45, 7) is 5.21. The third-order valence-electron chi connectivity index (χ3n) is 5.62. The molecule has 1 aromatic carbocycles. The summed E-state index contributed by atoms with van der Waals surface area (Å²) in [6, 6.07) is 10.5. The highest BCUT2D eigenvalue weighted by atomic mass is 32.1. The van der Waals surface area contributed by atoms with E-state index in [-0.39, 0.29) is 5.91 Å². The fraction of sp³-hybridized carbons (Fsp3) is 0.500. The molecule has 0 N–H and O–H groups in total. The Bertz CT molecular complexity index is 787. The normalized spacial score (nSPS) is 16.5. The molecule has 2 aromatic rings. The summed E-state index contributed by atoms with van der Waals surface area (Å²) in [7, 11) is 0. The van der Waals surface area contributed by atoms with Crippen LogP contribution >= 0.6 is 11.3 Å². The Kier molecular flexibility index (Phi) is 6.17. The molecule has 0 spiro atoms. The van der Waals surface area contributed by atoms with Gasteiger partial charge < -0.3 is 14.4 Å². The number of nitrogens with zero attached hydrogens (tertiary/aromatic N) is 2. The van der Waals surface area contributed by atoms with Crippen LogP contribution in [0.25, 0.3) is 0 Å². The van der Waals surface area contributed by atoms with Gasteiger partial charge in [0, 0.05) is 22.7 Å². The summed E-state index contributed by atoms with van der Waals surface area (Å²) in [5, 5.41) is 2.05. The lowest BCUT2D eigenvalue weighted by Crippen LogP contribution is -2.43. The molecule has 1 aromatic heterocycles. The lowest BCUT2D eigenvalue weighted by molar-refractivity contribution is -0.120. The number of anilines is 1. The molecule has 0 radical (unpaired) electrons. The molecule has 150 valence electrons. The summed E-state index contributed by atoms with van der Waals surface area (Å²) in [5.41, 5.74) is 0.866. The van der Waals surface area contributed by atoms with E-state index in [1.807, 2.05) is 29.2 Å². The minimum Gasteiger partial charge on any atom is -0.486 e. The predicted octanol–water partition coefficient (Wildman–Crippen LogP) is 4.32. The molecule has 0 atom stereocenters. The van der Waals surface area contributed by atoms with Crippen molar-refractivity contribution < 1.29 is 14.3 Å². The number of hydrogen-bond acceptors (Lipinski definition) is 5. The van der Waals surface area contributed by atoms with Crippen molar-refractivity contribution in [3.05, 3.63) is 40.6 Å². The number of benzene rings is 1. The molecule has 0 unspecified atom stereocenters. The Hall–Kier alpha value is -2.05. The second-order valence-corrected chi connectivity index (χ2v) is 8.42. The molecule has 2 aliphatic rings. The maximum absolute atomic E-state index is 13.4. The summed E-state index contributed by atoms with van der Waals surface area (Å²) in [5.74, 6) is 1.61. The Morgan fingerprint density at radius 2 is 1.93 bits per heavy atom. The first kappa shape index (κ1) is 19.3. The fourth-order valence-corrected chi connectivity index (χ4v) is 4.80. The molecule has 5 nitrogen and oxygen atoms in total. The molecule has 28 heavy (non-hydrogen) atoms. The first-order chi connectivity index (χ1) is 13.7. The lowest BCUT2D eigenvalue weighted by atomic mass is 10.2. The average molecular weight is 401 g/mol. The standard InChI is InChI=1S/C22H28N2O3S/c1-2-23(17-6-3-4-7-17)16-22(25)24(15-19-8-5-13-28-19)18-9-10-20-21(14-18)27-12-11-26-20/h5,8-10,13-14,17H,2-4,6-7,11-12,15-16H2,1H3. The van der Waals surface area contributed by atoms with Gasteiger partial charge in [0.25, 0.3) is 0 Å². The number of thiophene rings is 1. The molecule has 1 fully saturated rings. The Balaban J connectivity index is 1.56. The Morgan fingerprint density at radius 3 is 2.64 bits per heavy atom. The number of carbonyl (C=O) groups is 1. The van der Waals surface area contributed by atoms with E-state index < -0.39 is 0 Å². The number of hydrogen-bond donors (Lipinski definition) is 0. The molecule has 0 saturated heterocycles. The zero-order valence-corrected chi connectivity index (χ0v) is 17.2. The van der Waals surface area contributed by atoms with Crippen molar-refractivity contribution in [1.82, 2.24) is 4.90 Å². The van der Waals surface area contributed by atoms with Gasteiger partial charge in [-0.15, -0.1) is 11.3 Å². The van der Waals surface area contributed by atoms with Crippen LogP contribution in [0.15, 0.2) is 35.7 Å². The topological polar surface area (TPSA) is 42.0 Å². The van der Waals surface area contributed by atoms with Crippen LogP contribution < -0.4 is 14.4 Å². The van der Waals surface area contributed by atoms with Gasteiger partial charge in [-0.3, -0.25) is 9.69 Å². The molecule has 4 rings (SSSR count). The first-order valence-corrected chi connectivity index (χ1v) is 11.1. The summed E-state index contributed by atoms with van der Waals surface area (Å²) >= 11 is 1.68. The van der Waals surface area contributed by atoms with Crippen LogP contribution in [0.1, 0.15) is 37.5 Å². The van der Waals surface area contributed by atoms with Gasteiger partial charge in [-0.25, -0.2) is 0 Å². The van der Waals surface area contributed by atoms with Gasteiger partial charge in [-0.1, -0.05) is 25.8 Å². The average Bonchev–Trinajstić information content (AvgIpc) is 3.44. The summed E-state index contributed by atoms with van der Waals surface area (Å²) in [6.07, 6.45) is 4.96. The van der Waals surface area contributed by atoms with Crippen LogP contribution in [-0.4, -0.2) is 43.2 Å². The predicted molar refractivity (Wildman–Crippen MR) is 112 cm³/mol. The van der Waals surface area contributed by atoms with E-state index in [1.54, 1.807) is 11.3 Å². The van der Waals surface area contributed by atoms with E-state index in [1.165, 1.54) is 30.6 Å². The largest absolute Gasteiger partial charge is 0.486 e.